The van der Waals surface area contributed by atoms with E-state index in [1.165, 1.54) is 28.8 Å². The van der Waals surface area contributed by atoms with Gasteiger partial charge in [0.2, 0.25) is 6.61 Å². The summed E-state index contributed by atoms with van der Waals surface area (Å²) >= 11 is 1.34. The van der Waals surface area contributed by atoms with Crippen molar-refractivity contribution in [2.75, 3.05) is 24.7 Å². The van der Waals surface area contributed by atoms with E-state index < -0.39 is 41.8 Å². The number of fused-ring (bicyclic) bond motifs is 1. The van der Waals surface area contributed by atoms with Crippen LogP contribution in [0.4, 0.5) is 5.82 Å². The molecule has 2 aromatic rings. The minimum Gasteiger partial charge on any atom is -0.477 e. The van der Waals surface area contributed by atoms with Gasteiger partial charge in [0.05, 0.1) is 6.61 Å². The van der Waals surface area contributed by atoms with Gasteiger partial charge in [-0.1, -0.05) is 30.6 Å². The van der Waals surface area contributed by atoms with E-state index in [2.05, 4.69) is 15.5 Å². The van der Waals surface area contributed by atoms with Crippen molar-refractivity contribution in [3.05, 3.63) is 65.8 Å². The number of amides is 2. The highest BCUT2D eigenvalue weighted by Gasteiger charge is 2.54. The first-order valence-electron chi connectivity index (χ1n) is 12.5. The van der Waals surface area contributed by atoms with Crippen molar-refractivity contribution in [1.29, 1.82) is 0 Å². The molecule has 4 heterocycles. The Hall–Kier alpha value is -4.46. The third-order valence-electron chi connectivity index (χ3n) is 6.01. The lowest BCUT2D eigenvalue weighted by atomic mass is 10.0. The number of nitrogen functional groups attached to an aromatic ring is 1. The number of aliphatic carboxylic acids is 1. The normalized spacial score (nSPS) is 18.5. The molecule has 1 saturated heterocycles. The first kappa shape index (κ1) is 28.5. The van der Waals surface area contributed by atoms with Crippen LogP contribution in [-0.2, 0) is 35.3 Å². The molecule has 0 radical (unpaired) electrons. The van der Waals surface area contributed by atoms with Crippen molar-refractivity contribution in [2.24, 2.45) is 5.16 Å². The number of aromatic nitrogens is 2. The van der Waals surface area contributed by atoms with Crippen LogP contribution in [-0.4, -0.2) is 74.8 Å². The monoisotopic (exact) mass is 569 g/mol. The molecule has 1 fully saturated rings. The van der Waals surface area contributed by atoms with Gasteiger partial charge in [0, 0.05) is 23.5 Å². The molecule has 1 unspecified atom stereocenters. The van der Waals surface area contributed by atoms with Crippen LogP contribution in [0.5, 0.6) is 0 Å². The van der Waals surface area contributed by atoms with Gasteiger partial charge in [-0.15, -0.1) is 11.8 Å². The lowest BCUT2D eigenvalue weighted by Crippen LogP contribution is -2.71. The summed E-state index contributed by atoms with van der Waals surface area (Å²) in [5, 5.41) is 15.7. The second-order valence-corrected chi connectivity index (χ2v) is 10.0. The highest BCUT2D eigenvalue weighted by molar-refractivity contribution is 8.00. The number of thioether (sulfide) groups is 1. The molecule has 0 aliphatic carbocycles. The molecular weight excluding hydrogens is 540 g/mol. The van der Waals surface area contributed by atoms with Gasteiger partial charge in [-0.3, -0.25) is 14.5 Å². The van der Waals surface area contributed by atoms with Gasteiger partial charge in [-0.05, 0) is 18.6 Å². The molecular formula is C26H29N6O7S+. The summed E-state index contributed by atoms with van der Waals surface area (Å²) in [4.78, 5) is 60.7. The summed E-state index contributed by atoms with van der Waals surface area (Å²) in [5.74, 6) is -2.78. The number of rotatable bonds is 12. The number of carbonyl (C=O) groups excluding carboxylic acids is 3. The van der Waals surface area contributed by atoms with Gasteiger partial charge in [0.25, 0.3) is 11.8 Å². The van der Waals surface area contributed by atoms with Crippen LogP contribution in [0.3, 0.4) is 0 Å². The Balaban J connectivity index is 1.49. The van der Waals surface area contributed by atoms with Gasteiger partial charge in [-0.25, -0.2) is 19.1 Å². The van der Waals surface area contributed by atoms with E-state index in [0.29, 0.717) is 24.3 Å². The maximum atomic E-state index is 13.3. The summed E-state index contributed by atoms with van der Waals surface area (Å²) in [6.45, 7) is 1.97. The number of β-lactam (4-membered cyclic amide) rings is 1. The lowest BCUT2D eigenvalue weighted by Gasteiger charge is -2.49. The van der Waals surface area contributed by atoms with Crippen molar-refractivity contribution in [3.8, 4) is 0 Å². The van der Waals surface area contributed by atoms with E-state index in [4.69, 9.17) is 15.3 Å². The highest BCUT2D eigenvalue weighted by atomic mass is 32.2. The SMILES string of the molecule is CCCCOC(=O)CO/N=C(\C(=O)NC1C(=O)N2C(C(=O)O)=C(C[n+]3ccccc3)CS[C@H]12)c1cccc(N)n1. The zero-order chi connectivity index (χ0) is 28.6. The predicted octanol–water partition coefficient (Wildman–Crippen LogP) is 0.454. The number of nitrogens with one attached hydrogen (secondary N) is 1. The Morgan fingerprint density at radius 3 is 2.73 bits per heavy atom. The largest absolute Gasteiger partial charge is 0.477 e. The van der Waals surface area contributed by atoms with Crippen molar-refractivity contribution >= 4 is 47.0 Å². The van der Waals surface area contributed by atoms with Crippen LogP contribution in [0.25, 0.3) is 0 Å². The van der Waals surface area contributed by atoms with Gasteiger partial charge in [0.1, 0.15) is 28.6 Å². The van der Waals surface area contributed by atoms with Crippen LogP contribution < -0.4 is 15.6 Å². The van der Waals surface area contributed by atoms with E-state index >= 15 is 0 Å². The highest BCUT2D eigenvalue weighted by Crippen LogP contribution is 2.40. The number of unbranched alkanes of at least 4 members (excludes halogenated alkanes) is 1. The Morgan fingerprint density at radius 1 is 1.25 bits per heavy atom. The summed E-state index contributed by atoms with van der Waals surface area (Å²) in [5.41, 5.74) is 6.00. The molecule has 14 heteroatoms. The molecule has 2 aliphatic rings. The van der Waals surface area contributed by atoms with Crippen molar-refractivity contribution in [2.45, 2.75) is 37.7 Å². The molecule has 13 nitrogen and oxygen atoms in total. The topological polar surface area (TPSA) is 177 Å². The standard InChI is InChI=1S/C26H28N6O7S/c1-2-3-12-38-19(33)14-39-30-20(17-8-7-9-18(27)28-17)23(34)29-21-24(35)32-22(26(36)37)16(15-40-25(21)32)13-31-10-5-4-6-11-31/h4-11,21,25H,2-3,12-15H2,1H3,(H3-,27,28,29,34,36,37)/p+1/b30-20-/t21?,25-/m1/s1. The van der Waals surface area contributed by atoms with Crippen LogP contribution in [0, 0.1) is 0 Å². The van der Waals surface area contributed by atoms with Crippen molar-refractivity contribution in [1.82, 2.24) is 15.2 Å². The molecule has 0 aromatic carbocycles. The maximum absolute atomic E-state index is 13.3. The number of nitrogens with zero attached hydrogens (tertiary/aromatic N) is 4. The second kappa shape index (κ2) is 13.1. The fourth-order valence-corrected chi connectivity index (χ4v) is 5.42. The van der Waals surface area contributed by atoms with E-state index in [9.17, 15) is 24.3 Å². The Bertz CT molecular complexity index is 1350. The minimum absolute atomic E-state index is 0.0602. The number of carbonyl (C=O) groups is 4. The van der Waals surface area contributed by atoms with Gasteiger partial charge in [0.15, 0.2) is 24.7 Å². The van der Waals surface area contributed by atoms with E-state index in [1.807, 2.05) is 42.1 Å². The average molecular weight is 570 g/mol. The van der Waals surface area contributed by atoms with Crippen LogP contribution in [0.1, 0.15) is 25.5 Å². The summed E-state index contributed by atoms with van der Waals surface area (Å²) < 4.78 is 6.84. The fourth-order valence-electron chi connectivity index (χ4n) is 4.08. The van der Waals surface area contributed by atoms with Crippen molar-refractivity contribution < 1.29 is 38.4 Å². The van der Waals surface area contributed by atoms with Gasteiger partial charge >= 0.3 is 11.9 Å². The summed E-state index contributed by atoms with van der Waals surface area (Å²) in [6.07, 6.45) is 5.17. The number of hydrogen-bond donors (Lipinski definition) is 3. The first-order chi connectivity index (χ1) is 19.3. The molecule has 210 valence electrons. The molecule has 0 saturated carbocycles. The Kier molecular flexibility index (Phi) is 9.32. The number of carboxylic acids is 1. The molecule has 40 heavy (non-hydrogen) atoms. The number of oxime groups is 1. The quantitative estimate of drug-likeness (QED) is 0.0812. The summed E-state index contributed by atoms with van der Waals surface area (Å²) in [6, 6.07) is 9.04. The lowest BCUT2D eigenvalue weighted by molar-refractivity contribution is -0.689. The van der Waals surface area contributed by atoms with Crippen molar-refractivity contribution in [3.63, 3.8) is 0 Å². The van der Waals surface area contributed by atoms with E-state index in [-0.39, 0.29) is 29.5 Å². The molecule has 4 rings (SSSR count). The molecule has 2 amide bonds. The molecule has 2 aliphatic heterocycles. The number of esters is 1. The fraction of sp³-hybridized carbons (Fsp3) is 0.346. The third kappa shape index (κ3) is 6.57. The predicted molar refractivity (Wildman–Crippen MR) is 143 cm³/mol. The smallest absolute Gasteiger partial charge is 0.352 e. The Labute approximate surface area is 234 Å². The van der Waals surface area contributed by atoms with Crippen LogP contribution >= 0.6 is 11.8 Å². The molecule has 2 aromatic heterocycles. The van der Waals surface area contributed by atoms with Crippen LogP contribution in [0.2, 0.25) is 0 Å². The molecule has 0 spiro atoms. The second-order valence-electron chi connectivity index (χ2n) is 8.90. The zero-order valence-corrected chi connectivity index (χ0v) is 22.5. The summed E-state index contributed by atoms with van der Waals surface area (Å²) in [7, 11) is 0. The number of anilines is 1. The number of carboxylic acid groups (broad SMARTS) is 1. The number of pyridine rings is 2. The molecule has 4 N–H and O–H groups in total. The Morgan fingerprint density at radius 2 is 2.02 bits per heavy atom. The number of nitrogens with two attached hydrogens (primary N) is 1. The van der Waals surface area contributed by atoms with Gasteiger partial charge in [-0.2, -0.15) is 0 Å². The minimum atomic E-state index is -1.22. The first-order valence-corrected chi connectivity index (χ1v) is 13.6. The van der Waals surface area contributed by atoms with Crippen LogP contribution in [0.15, 0.2) is 65.2 Å². The van der Waals surface area contributed by atoms with E-state index in [0.717, 1.165) is 6.42 Å². The van der Waals surface area contributed by atoms with Gasteiger partial charge < -0.3 is 25.7 Å². The van der Waals surface area contributed by atoms with E-state index in [1.54, 1.807) is 6.07 Å². The molecule has 0 bridgehead atoms. The average Bonchev–Trinajstić information content (AvgIpc) is 2.94. The maximum Gasteiger partial charge on any atom is 0.352 e. The number of hydrogen-bond acceptors (Lipinski definition) is 10. The third-order valence-corrected chi connectivity index (χ3v) is 7.35. The molecule has 2 atom stereocenters. The number of ether oxygens (including phenoxy) is 1. The zero-order valence-electron chi connectivity index (χ0n) is 21.7.